The van der Waals surface area contributed by atoms with Crippen LogP contribution in [0.1, 0.15) is 16.7 Å². The Morgan fingerprint density at radius 1 is 0.260 bits per heavy atom. The third kappa shape index (κ3) is 8.07. The van der Waals surface area contributed by atoms with Crippen molar-refractivity contribution < 1.29 is 0 Å². The molecule has 2 heteroatoms. The predicted molar refractivity (Wildman–Crippen MR) is 218 cm³/mol. The van der Waals surface area contributed by atoms with E-state index in [1.165, 1.54) is 16.7 Å². The van der Waals surface area contributed by atoms with Gasteiger partial charge in [-0.15, -0.1) is 0 Å². The summed E-state index contributed by atoms with van der Waals surface area (Å²) in [7, 11) is 0. The van der Waals surface area contributed by atoms with Gasteiger partial charge in [0.25, 0.3) is 0 Å². The van der Waals surface area contributed by atoms with Gasteiger partial charge in [0, 0.05) is 34.1 Å². The van der Waals surface area contributed by atoms with Crippen molar-refractivity contribution in [2.75, 3.05) is 9.80 Å². The molecule has 7 rings (SSSR count). The molecule has 0 fully saturated rings. The van der Waals surface area contributed by atoms with E-state index < -0.39 is 0 Å². The van der Waals surface area contributed by atoms with E-state index in [0.717, 1.165) is 45.3 Å². The Kier molecular flexibility index (Phi) is 10.9. The summed E-state index contributed by atoms with van der Waals surface area (Å²) in [6, 6.07) is 65.4. The molecular formula is C48H40N2. The Morgan fingerprint density at radius 2 is 0.500 bits per heavy atom. The highest BCUT2D eigenvalue weighted by Gasteiger charge is 2.14. The second-order valence-corrected chi connectivity index (χ2v) is 11.6. The number of hydrogen-bond acceptors (Lipinski definition) is 2. The molecule has 0 aliphatic heterocycles. The van der Waals surface area contributed by atoms with Crippen molar-refractivity contribution in [3.63, 3.8) is 0 Å². The summed E-state index contributed by atoms with van der Waals surface area (Å²) in [5, 5.41) is 0. The molecule has 0 spiro atoms. The number of anilines is 6. The molecule has 0 saturated heterocycles. The number of rotatable bonds is 10. The van der Waals surface area contributed by atoms with Crippen molar-refractivity contribution in [2.45, 2.75) is 0 Å². The van der Waals surface area contributed by atoms with Crippen molar-refractivity contribution in [1.82, 2.24) is 0 Å². The second-order valence-electron chi connectivity index (χ2n) is 11.6. The lowest BCUT2D eigenvalue weighted by Crippen LogP contribution is -2.10. The molecule has 0 aliphatic carbocycles. The van der Waals surface area contributed by atoms with Crippen LogP contribution in [0.15, 0.2) is 208 Å². The van der Waals surface area contributed by atoms with Crippen LogP contribution in [-0.2, 0) is 0 Å². The zero-order valence-corrected chi connectivity index (χ0v) is 28.1. The molecule has 7 aromatic carbocycles. The number of benzene rings is 7. The highest BCUT2D eigenvalue weighted by molar-refractivity contribution is 5.81. The first-order valence-electron chi connectivity index (χ1n) is 16.7. The van der Waals surface area contributed by atoms with Gasteiger partial charge in [0.1, 0.15) is 0 Å². The van der Waals surface area contributed by atoms with Gasteiger partial charge >= 0.3 is 0 Å². The average Bonchev–Trinajstić information content (AvgIpc) is 3.20. The van der Waals surface area contributed by atoms with E-state index >= 15 is 0 Å². The third-order valence-electron chi connectivity index (χ3n) is 8.42. The topological polar surface area (TPSA) is 6.48 Å². The molecule has 0 aromatic heterocycles. The quantitative estimate of drug-likeness (QED) is 0.146. The van der Waals surface area contributed by atoms with Gasteiger partial charge in [-0.25, -0.2) is 0 Å². The van der Waals surface area contributed by atoms with Crippen LogP contribution in [0.3, 0.4) is 0 Å². The molecule has 0 atom stereocenters. The molecule has 0 radical (unpaired) electrons. The summed E-state index contributed by atoms with van der Waals surface area (Å²) in [5.41, 5.74) is 12.4. The van der Waals surface area contributed by atoms with Crippen LogP contribution in [0, 0.1) is 0 Å². The van der Waals surface area contributed by atoms with E-state index in [4.69, 9.17) is 0 Å². The van der Waals surface area contributed by atoms with Crippen molar-refractivity contribution in [1.29, 1.82) is 0 Å². The zero-order chi connectivity index (χ0) is 34.5. The molecule has 50 heavy (non-hydrogen) atoms. The van der Waals surface area contributed by atoms with Crippen molar-refractivity contribution in [3.05, 3.63) is 224 Å². The molecule has 2 nitrogen and oxygen atoms in total. The maximum Gasteiger partial charge on any atom is 0.0462 e. The fourth-order valence-corrected chi connectivity index (χ4v) is 5.76. The third-order valence-corrected chi connectivity index (χ3v) is 8.42. The standard InChI is InChI=1S/C40H32N2.C8H8/c1-3-31-15-23-37(24-16-31)41(35-11-7-5-8-12-35)39-27-19-33(20-28-39)34-21-29-40(30-22-34)42(36-13-9-6-10-14-36)38-25-17-32(4-2)18-26-38;1-2-8-6-4-3-5-7-8/h3-30H,1-2H2;2-7H,1H2. The summed E-state index contributed by atoms with van der Waals surface area (Å²) in [6.45, 7) is 11.4. The fraction of sp³-hybridized carbons (Fsp3) is 0. The van der Waals surface area contributed by atoms with E-state index in [9.17, 15) is 0 Å². The summed E-state index contributed by atoms with van der Waals surface area (Å²) >= 11 is 0. The van der Waals surface area contributed by atoms with Gasteiger partial charge in [0.15, 0.2) is 0 Å². The van der Waals surface area contributed by atoms with Gasteiger partial charge < -0.3 is 9.80 Å². The van der Waals surface area contributed by atoms with E-state index in [1.54, 1.807) is 0 Å². The van der Waals surface area contributed by atoms with Crippen LogP contribution in [0.25, 0.3) is 29.4 Å². The van der Waals surface area contributed by atoms with Gasteiger partial charge in [0.2, 0.25) is 0 Å². The first kappa shape index (κ1) is 33.3. The lowest BCUT2D eigenvalue weighted by Gasteiger charge is -2.26. The van der Waals surface area contributed by atoms with Gasteiger partial charge in [-0.05, 0) is 101 Å². The Morgan fingerprint density at radius 3 is 0.780 bits per heavy atom. The first-order chi connectivity index (χ1) is 24.7. The monoisotopic (exact) mass is 644 g/mol. The normalized spacial score (nSPS) is 10.2. The lowest BCUT2D eigenvalue weighted by atomic mass is 10.0. The largest absolute Gasteiger partial charge is 0.311 e. The minimum Gasteiger partial charge on any atom is -0.311 e. The zero-order valence-electron chi connectivity index (χ0n) is 28.1. The minimum absolute atomic E-state index is 1.10. The maximum atomic E-state index is 3.89. The van der Waals surface area contributed by atoms with Crippen LogP contribution >= 0.6 is 0 Å². The molecule has 0 aliphatic rings. The molecule has 0 saturated carbocycles. The fourth-order valence-electron chi connectivity index (χ4n) is 5.76. The van der Waals surface area contributed by atoms with Crippen molar-refractivity contribution in [2.24, 2.45) is 0 Å². The van der Waals surface area contributed by atoms with Crippen LogP contribution in [0.5, 0.6) is 0 Å². The number of nitrogens with zero attached hydrogens (tertiary/aromatic N) is 2. The molecular weight excluding hydrogens is 605 g/mol. The summed E-state index contributed by atoms with van der Waals surface area (Å²) in [6.07, 6.45) is 5.57. The molecule has 0 amide bonds. The summed E-state index contributed by atoms with van der Waals surface area (Å²) in [4.78, 5) is 4.55. The van der Waals surface area contributed by atoms with Gasteiger partial charge in [0.05, 0.1) is 0 Å². The smallest absolute Gasteiger partial charge is 0.0462 e. The maximum absolute atomic E-state index is 3.89. The van der Waals surface area contributed by atoms with Gasteiger partial charge in [-0.1, -0.05) is 153 Å². The second kappa shape index (κ2) is 16.5. The van der Waals surface area contributed by atoms with Crippen LogP contribution in [0.2, 0.25) is 0 Å². The lowest BCUT2D eigenvalue weighted by molar-refractivity contribution is 1.28. The predicted octanol–water partition coefficient (Wildman–Crippen LogP) is 13.9. The SMILES string of the molecule is C=Cc1ccc(N(c2ccccc2)c2ccc(-c3ccc(N(c4ccccc4)c4ccc(C=C)cc4)cc3)cc2)cc1.C=Cc1ccccc1. The van der Waals surface area contributed by atoms with Gasteiger partial charge in [-0.3, -0.25) is 0 Å². The molecule has 242 valence electrons. The Bertz CT molecular complexity index is 1960. The van der Waals surface area contributed by atoms with Gasteiger partial charge in [-0.2, -0.15) is 0 Å². The summed E-state index contributed by atoms with van der Waals surface area (Å²) in [5.74, 6) is 0. The number of hydrogen-bond donors (Lipinski definition) is 0. The Balaban J connectivity index is 0.000000477. The molecule has 0 unspecified atom stereocenters. The highest BCUT2D eigenvalue weighted by Crippen LogP contribution is 2.38. The van der Waals surface area contributed by atoms with E-state index in [2.05, 4.69) is 175 Å². The minimum atomic E-state index is 1.10. The summed E-state index contributed by atoms with van der Waals surface area (Å²) < 4.78 is 0. The number of para-hydroxylation sites is 2. The highest BCUT2D eigenvalue weighted by atomic mass is 15.1. The Hall–Kier alpha value is -6.64. The van der Waals surface area contributed by atoms with Crippen molar-refractivity contribution >= 4 is 52.4 Å². The van der Waals surface area contributed by atoms with E-state index in [0.29, 0.717) is 0 Å². The molecule has 7 aromatic rings. The molecule has 0 N–H and O–H groups in total. The first-order valence-corrected chi connectivity index (χ1v) is 16.7. The molecule has 0 heterocycles. The van der Waals surface area contributed by atoms with Crippen LogP contribution in [-0.4, -0.2) is 0 Å². The van der Waals surface area contributed by atoms with E-state index in [1.807, 2.05) is 60.7 Å². The molecule has 0 bridgehead atoms. The van der Waals surface area contributed by atoms with Crippen LogP contribution < -0.4 is 9.80 Å². The Labute approximate surface area is 296 Å². The van der Waals surface area contributed by atoms with Crippen molar-refractivity contribution in [3.8, 4) is 11.1 Å². The van der Waals surface area contributed by atoms with E-state index in [-0.39, 0.29) is 0 Å². The average molecular weight is 645 g/mol. The van der Waals surface area contributed by atoms with Crippen LogP contribution in [0.4, 0.5) is 34.1 Å².